The number of aromatic nitrogens is 4. The number of carbonyl (C=O) groups excluding carboxylic acids is 5. The number of aliphatic hydroxyl groups excluding tert-OH is 1. The predicted molar refractivity (Wildman–Crippen MR) is 232 cm³/mol. The van der Waals surface area contributed by atoms with Crippen molar-refractivity contribution in [3.63, 3.8) is 0 Å². The molecule has 2 saturated heterocycles. The Bertz CT molecular complexity index is 2530. The fourth-order valence-electron chi connectivity index (χ4n) is 9.24. The summed E-state index contributed by atoms with van der Waals surface area (Å²) in [5.74, 6) is -1.22. The fraction of sp³-hybridized carbons (Fsp3) is 0.348. The fourth-order valence-corrected chi connectivity index (χ4v) is 10.3. The summed E-state index contributed by atoms with van der Waals surface area (Å²) in [4.78, 5) is 72.1. The van der Waals surface area contributed by atoms with Gasteiger partial charge in [-0.15, -0.1) is 16.9 Å². The molecule has 2 aromatic heterocycles. The number of carbonyl (C=O) groups is 5. The Morgan fingerprint density at radius 1 is 0.935 bits per heavy atom. The number of aryl methyl sites for hydroxylation is 2. The molecule has 16 heteroatoms. The topological polar surface area (TPSA) is 192 Å². The molecule has 4 atom stereocenters. The van der Waals surface area contributed by atoms with E-state index in [-0.39, 0.29) is 43.0 Å². The zero-order valence-electron chi connectivity index (χ0n) is 34.0. The number of imide groups is 2. The molecule has 9 rings (SSSR count). The molecule has 0 bridgehead atoms. The summed E-state index contributed by atoms with van der Waals surface area (Å²) in [7, 11) is 0. The average molecular weight is 854 g/mol. The molecule has 4 N–H and O–H groups in total. The number of pyridine rings is 1. The zero-order chi connectivity index (χ0) is 42.7. The minimum atomic E-state index is -1.00. The molecule has 0 spiro atoms. The van der Waals surface area contributed by atoms with Crippen molar-refractivity contribution in [1.29, 1.82) is 0 Å². The first-order valence-corrected chi connectivity index (χ1v) is 22.1. The molecule has 0 aliphatic carbocycles. The van der Waals surface area contributed by atoms with Crippen molar-refractivity contribution in [1.82, 2.24) is 35.1 Å². The van der Waals surface area contributed by atoms with E-state index in [4.69, 9.17) is 0 Å². The maximum atomic E-state index is 13.4. The molecule has 15 nitrogen and oxygen atoms in total. The van der Waals surface area contributed by atoms with Crippen molar-refractivity contribution in [3.05, 3.63) is 119 Å². The van der Waals surface area contributed by atoms with Crippen LogP contribution in [-0.4, -0.2) is 95.4 Å². The van der Waals surface area contributed by atoms with Gasteiger partial charge in [0.1, 0.15) is 6.04 Å². The van der Waals surface area contributed by atoms with Gasteiger partial charge >= 0.3 is 0 Å². The minimum absolute atomic E-state index is 0.00173. The summed E-state index contributed by atoms with van der Waals surface area (Å²) in [6, 6.07) is 22.8. The number of rotatable bonds is 15. The Morgan fingerprint density at radius 2 is 1.77 bits per heavy atom. The van der Waals surface area contributed by atoms with Crippen molar-refractivity contribution in [2.75, 3.05) is 29.5 Å². The maximum absolute atomic E-state index is 13.4. The highest BCUT2D eigenvalue weighted by Crippen LogP contribution is 2.48. The Labute approximate surface area is 362 Å². The third kappa shape index (κ3) is 8.49. The molecule has 4 aliphatic heterocycles. The number of thioether (sulfide) groups is 1. The molecule has 0 saturated carbocycles. The van der Waals surface area contributed by atoms with Crippen LogP contribution in [0.15, 0.2) is 96.3 Å². The van der Waals surface area contributed by atoms with Crippen molar-refractivity contribution < 1.29 is 29.1 Å². The molecule has 5 amide bonds. The quantitative estimate of drug-likeness (QED) is 0.0610. The first-order chi connectivity index (χ1) is 30.2. The van der Waals surface area contributed by atoms with Crippen LogP contribution in [0.5, 0.6) is 0 Å². The van der Waals surface area contributed by atoms with Gasteiger partial charge in [-0.25, -0.2) is 0 Å². The standard InChI is InChI=1S/C46H47N9O6S/c56-27-37-33-17-21-53(25-28-15-18-47-19-16-28)43(33)35-24-30(11-12-36(35)49-37)29-5-1-6-31(23-29)48-40(57)10-2-7-32-26-54(52-51-32)20-4-22-62-39-9-3-8-34-42(39)46(61)55(45(34)60)38-13-14-41(58)50-44(38)59/h1,3,5-6,8-9,11-12,15-16,18-19,23-24,26,33,37-38,43,49,56H,2,4,7,10,13-14,17,20-22,25,27H2,(H,48,57)(H,50,58,59)/t33-,37-,38?,43-/m1/s1. The number of anilines is 2. The monoisotopic (exact) mass is 853 g/mol. The Hall–Kier alpha value is -6.23. The highest BCUT2D eigenvalue weighted by molar-refractivity contribution is 7.99. The van der Waals surface area contributed by atoms with Gasteiger partial charge in [0.15, 0.2) is 0 Å². The lowest BCUT2D eigenvalue weighted by Gasteiger charge is -2.39. The first kappa shape index (κ1) is 41.1. The van der Waals surface area contributed by atoms with Crippen LogP contribution in [-0.2, 0) is 33.9 Å². The molecule has 318 valence electrons. The Kier molecular flexibility index (Phi) is 11.9. The number of fused-ring (bicyclic) bond motifs is 4. The van der Waals surface area contributed by atoms with Crippen LogP contribution in [0, 0.1) is 5.92 Å². The second-order valence-corrected chi connectivity index (χ2v) is 17.4. The van der Waals surface area contributed by atoms with Gasteiger partial charge in [0.25, 0.3) is 11.8 Å². The van der Waals surface area contributed by atoms with E-state index in [0.717, 1.165) is 59.0 Å². The van der Waals surface area contributed by atoms with E-state index in [9.17, 15) is 29.1 Å². The van der Waals surface area contributed by atoms with Gasteiger partial charge in [-0.2, -0.15) is 0 Å². The molecule has 3 aromatic carbocycles. The third-order valence-electron chi connectivity index (χ3n) is 12.2. The summed E-state index contributed by atoms with van der Waals surface area (Å²) in [5, 5.41) is 27.7. The minimum Gasteiger partial charge on any atom is -0.394 e. The number of hydrogen-bond acceptors (Lipinski definition) is 12. The second-order valence-electron chi connectivity index (χ2n) is 16.2. The zero-order valence-corrected chi connectivity index (χ0v) is 34.9. The van der Waals surface area contributed by atoms with Gasteiger partial charge in [0.2, 0.25) is 17.7 Å². The Balaban J connectivity index is 0.752. The molecule has 4 aliphatic rings. The number of hydrogen-bond donors (Lipinski definition) is 4. The number of benzene rings is 3. The van der Waals surface area contributed by atoms with E-state index in [2.05, 4.69) is 72.5 Å². The number of amides is 5. The normalized spacial score (nSPS) is 20.7. The molecular weight excluding hydrogens is 807 g/mol. The van der Waals surface area contributed by atoms with Crippen LogP contribution in [0.25, 0.3) is 11.1 Å². The van der Waals surface area contributed by atoms with Gasteiger partial charge < -0.3 is 15.7 Å². The number of nitrogens with one attached hydrogen (secondary N) is 3. The summed E-state index contributed by atoms with van der Waals surface area (Å²) in [5.41, 5.74) is 7.64. The molecular formula is C46H47N9O6S. The van der Waals surface area contributed by atoms with E-state index in [1.54, 1.807) is 22.9 Å². The van der Waals surface area contributed by atoms with Crippen LogP contribution in [0.4, 0.5) is 11.4 Å². The van der Waals surface area contributed by atoms with Crippen LogP contribution >= 0.6 is 11.8 Å². The highest BCUT2D eigenvalue weighted by Gasteiger charge is 2.46. The van der Waals surface area contributed by atoms with Crippen molar-refractivity contribution in [2.45, 2.75) is 81.1 Å². The van der Waals surface area contributed by atoms with E-state index in [1.807, 2.05) is 36.8 Å². The van der Waals surface area contributed by atoms with Crippen LogP contribution in [0.2, 0.25) is 0 Å². The second kappa shape index (κ2) is 18.0. The lowest BCUT2D eigenvalue weighted by Crippen LogP contribution is -2.54. The maximum Gasteiger partial charge on any atom is 0.263 e. The van der Waals surface area contributed by atoms with Gasteiger partial charge in [-0.05, 0) is 115 Å². The van der Waals surface area contributed by atoms with Crippen molar-refractivity contribution in [3.8, 4) is 11.1 Å². The first-order valence-electron chi connectivity index (χ1n) is 21.1. The smallest absolute Gasteiger partial charge is 0.263 e. The number of nitrogens with zero attached hydrogens (tertiary/aromatic N) is 6. The van der Waals surface area contributed by atoms with Crippen molar-refractivity contribution in [2.24, 2.45) is 5.92 Å². The van der Waals surface area contributed by atoms with Crippen LogP contribution in [0.3, 0.4) is 0 Å². The third-order valence-corrected chi connectivity index (χ3v) is 13.4. The lowest BCUT2D eigenvalue weighted by molar-refractivity contribution is -0.136. The molecule has 5 aromatic rings. The molecule has 0 radical (unpaired) electrons. The van der Waals surface area contributed by atoms with Crippen LogP contribution < -0.4 is 16.0 Å². The largest absolute Gasteiger partial charge is 0.394 e. The average Bonchev–Trinajstić information content (AvgIpc) is 3.99. The molecule has 62 heavy (non-hydrogen) atoms. The van der Waals surface area contributed by atoms with Gasteiger partial charge in [-0.1, -0.05) is 29.5 Å². The van der Waals surface area contributed by atoms with Crippen LogP contribution in [0.1, 0.15) is 82.1 Å². The van der Waals surface area contributed by atoms with E-state index < -0.39 is 29.7 Å². The van der Waals surface area contributed by atoms with Gasteiger partial charge in [0, 0.05) is 72.8 Å². The summed E-state index contributed by atoms with van der Waals surface area (Å²) < 4.78 is 1.77. The molecule has 2 fully saturated rings. The van der Waals surface area contributed by atoms with E-state index >= 15 is 0 Å². The van der Waals surface area contributed by atoms with Crippen molar-refractivity contribution >= 4 is 52.7 Å². The number of piperidine rings is 1. The number of likely N-dealkylation sites (tertiary alicyclic amines) is 1. The Morgan fingerprint density at radius 3 is 2.61 bits per heavy atom. The lowest BCUT2D eigenvalue weighted by atomic mass is 9.82. The molecule has 1 unspecified atom stereocenters. The summed E-state index contributed by atoms with van der Waals surface area (Å²) in [6.45, 7) is 2.44. The molecule has 6 heterocycles. The summed E-state index contributed by atoms with van der Waals surface area (Å²) in [6.07, 6.45) is 8.97. The SMILES string of the molecule is O=C1CCC(N2C(=O)c3cccc(SCCCn4cc(CCCC(=O)Nc5cccc(-c6ccc7c(c6)[C@H]6[C@H](CCN6Cc6ccncc6)[C@@H](CO)N7)c5)nn4)c3C2=O)C(=O)N1. The van der Waals surface area contributed by atoms with E-state index in [1.165, 1.54) is 22.9 Å². The van der Waals surface area contributed by atoms with Gasteiger partial charge in [-0.3, -0.25) is 48.8 Å². The number of aliphatic hydroxyl groups is 1. The van der Waals surface area contributed by atoms with Gasteiger partial charge in [0.05, 0.1) is 29.5 Å². The van der Waals surface area contributed by atoms with E-state index in [0.29, 0.717) is 47.9 Å². The predicted octanol–water partition coefficient (Wildman–Crippen LogP) is 5.23. The summed E-state index contributed by atoms with van der Waals surface area (Å²) >= 11 is 1.46. The highest BCUT2D eigenvalue weighted by atomic mass is 32.2.